The summed E-state index contributed by atoms with van der Waals surface area (Å²) in [6, 6.07) is 7.42. The van der Waals surface area contributed by atoms with E-state index in [1.54, 1.807) is 5.38 Å². The maximum absolute atomic E-state index is 12.1. The standard InChI is InChI=1S/C16H16N4O3S/c1-10-4-2-3-5-11(10)15-19-12(9-24-15)14(22)17-6-7-20-13(21)8-18-16(20)23/h2-5,9H,6-8H2,1H3,(H,17,22)(H,18,23). The van der Waals surface area contributed by atoms with Crippen molar-refractivity contribution in [2.24, 2.45) is 0 Å². The van der Waals surface area contributed by atoms with Crippen molar-refractivity contribution in [3.05, 3.63) is 40.9 Å². The number of imide groups is 1. The van der Waals surface area contributed by atoms with Gasteiger partial charge in [-0.3, -0.25) is 14.5 Å². The zero-order valence-corrected chi connectivity index (χ0v) is 13.9. The monoisotopic (exact) mass is 344 g/mol. The predicted octanol–water partition coefficient (Wildman–Crippen LogP) is 1.40. The number of aryl methyl sites for hydroxylation is 1. The molecule has 1 aliphatic heterocycles. The smallest absolute Gasteiger partial charge is 0.324 e. The second-order valence-corrected chi connectivity index (χ2v) is 6.17. The van der Waals surface area contributed by atoms with Gasteiger partial charge in [0.2, 0.25) is 5.91 Å². The topological polar surface area (TPSA) is 91.4 Å². The number of thiazole rings is 1. The van der Waals surface area contributed by atoms with Gasteiger partial charge in [0, 0.05) is 24.0 Å². The first-order valence-corrected chi connectivity index (χ1v) is 8.32. The molecular formula is C16H16N4O3S. The van der Waals surface area contributed by atoms with Crippen LogP contribution in [-0.4, -0.2) is 47.4 Å². The molecule has 3 rings (SSSR count). The van der Waals surface area contributed by atoms with Crippen molar-refractivity contribution in [3.8, 4) is 10.6 Å². The number of urea groups is 1. The van der Waals surface area contributed by atoms with Crippen LogP contribution in [0.4, 0.5) is 4.79 Å². The average Bonchev–Trinajstić information content (AvgIpc) is 3.17. The van der Waals surface area contributed by atoms with Crippen LogP contribution >= 0.6 is 11.3 Å². The summed E-state index contributed by atoms with van der Waals surface area (Å²) < 4.78 is 0. The third-order valence-electron chi connectivity index (χ3n) is 3.67. The van der Waals surface area contributed by atoms with Gasteiger partial charge in [-0.1, -0.05) is 24.3 Å². The largest absolute Gasteiger partial charge is 0.349 e. The number of aromatic nitrogens is 1. The second kappa shape index (κ2) is 6.79. The normalized spacial score (nSPS) is 14.0. The molecule has 7 nitrogen and oxygen atoms in total. The van der Waals surface area contributed by atoms with E-state index in [0.29, 0.717) is 5.69 Å². The SMILES string of the molecule is Cc1ccccc1-c1nc(C(=O)NCCN2C(=O)CNC2=O)cs1. The Balaban J connectivity index is 1.59. The highest BCUT2D eigenvalue weighted by Crippen LogP contribution is 2.26. The first-order chi connectivity index (χ1) is 11.6. The van der Waals surface area contributed by atoms with Crippen molar-refractivity contribution in [2.75, 3.05) is 19.6 Å². The lowest BCUT2D eigenvalue weighted by Gasteiger charge is -2.12. The molecule has 0 aliphatic carbocycles. The molecule has 1 fully saturated rings. The molecule has 0 atom stereocenters. The second-order valence-electron chi connectivity index (χ2n) is 5.31. The van der Waals surface area contributed by atoms with Crippen LogP contribution in [0.5, 0.6) is 0 Å². The molecule has 1 aliphatic rings. The van der Waals surface area contributed by atoms with E-state index in [0.717, 1.165) is 21.0 Å². The molecule has 0 radical (unpaired) electrons. The molecular weight excluding hydrogens is 328 g/mol. The Bertz CT molecular complexity index is 786. The average molecular weight is 344 g/mol. The van der Waals surface area contributed by atoms with Gasteiger partial charge in [0.1, 0.15) is 10.7 Å². The minimum Gasteiger partial charge on any atom is -0.349 e. The number of carbonyl (C=O) groups is 3. The van der Waals surface area contributed by atoms with Gasteiger partial charge in [0.25, 0.3) is 5.91 Å². The van der Waals surface area contributed by atoms with Crippen molar-refractivity contribution in [3.63, 3.8) is 0 Å². The maximum Gasteiger partial charge on any atom is 0.324 e. The minimum absolute atomic E-state index is 0.0126. The summed E-state index contributed by atoms with van der Waals surface area (Å²) in [5.74, 6) is -0.608. The molecule has 124 valence electrons. The van der Waals surface area contributed by atoms with Crippen LogP contribution in [0.3, 0.4) is 0 Å². The van der Waals surface area contributed by atoms with Gasteiger partial charge in [-0.25, -0.2) is 9.78 Å². The summed E-state index contributed by atoms with van der Waals surface area (Å²) in [4.78, 5) is 40.4. The fourth-order valence-corrected chi connectivity index (χ4v) is 3.26. The molecule has 2 N–H and O–H groups in total. The highest BCUT2D eigenvalue weighted by atomic mass is 32.1. The van der Waals surface area contributed by atoms with Crippen molar-refractivity contribution in [1.29, 1.82) is 0 Å². The maximum atomic E-state index is 12.1. The highest BCUT2D eigenvalue weighted by Gasteiger charge is 2.27. The number of carbonyl (C=O) groups excluding carboxylic acids is 3. The number of nitrogens with one attached hydrogen (secondary N) is 2. The van der Waals surface area contributed by atoms with E-state index in [-0.39, 0.29) is 31.4 Å². The predicted molar refractivity (Wildman–Crippen MR) is 89.7 cm³/mol. The molecule has 0 bridgehead atoms. The Morgan fingerprint density at radius 2 is 2.17 bits per heavy atom. The fraction of sp³-hybridized carbons (Fsp3) is 0.250. The van der Waals surface area contributed by atoms with Gasteiger partial charge in [-0.15, -0.1) is 11.3 Å². The quantitative estimate of drug-likeness (QED) is 0.802. The van der Waals surface area contributed by atoms with Crippen LogP contribution in [0.1, 0.15) is 16.1 Å². The summed E-state index contributed by atoms with van der Waals surface area (Å²) in [7, 11) is 0. The van der Waals surface area contributed by atoms with E-state index in [2.05, 4.69) is 15.6 Å². The molecule has 0 saturated carbocycles. The molecule has 4 amide bonds. The molecule has 1 aromatic carbocycles. The van der Waals surface area contributed by atoms with Crippen LogP contribution < -0.4 is 10.6 Å². The third kappa shape index (κ3) is 3.28. The van der Waals surface area contributed by atoms with Crippen molar-refractivity contribution in [2.45, 2.75) is 6.92 Å². The Hall–Kier alpha value is -2.74. The molecule has 24 heavy (non-hydrogen) atoms. The van der Waals surface area contributed by atoms with Crippen molar-refractivity contribution in [1.82, 2.24) is 20.5 Å². The Morgan fingerprint density at radius 1 is 1.38 bits per heavy atom. The summed E-state index contributed by atoms with van der Waals surface area (Å²) in [5, 5.41) is 7.59. The van der Waals surface area contributed by atoms with Crippen LogP contribution in [0.2, 0.25) is 0 Å². The number of nitrogens with zero attached hydrogens (tertiary/aromatic N) is 2. The minimum atomic E-state index is -0.426. The first kappa shape index (κ1) is 16.1. The third-order valence-corrected chi connectivity index (χ3v) is 4.55. The molecule has 8 heteroatoms. The van der Waals surface area contributed by atoms with E-state index < -0.39 is 6.03 Å². The summed E-state index contributed by atoms with van der Waals surface area (Å²) in [6.45, 7) is 2.34. The fourth-order valence-electron chi connectivity index (χ4n) is 2.37. The van der Waals surface area contributed by atoms with Gasteiger partial charge in [0.05, 0.1) is 6.54 Å². The lowest BCUT2D eigenvalue weighted by atomic mass is 10.1. The summed E-state index contributed by atoms with van der Waals surface area (Å²) in [6.07, 6.45) is 0. The van der Waals surface area contributed by atoms with Gasteiger partial charge in [-0.05, 0) is 12.5 Å². The van der Waals surface area contributed by atoms with Crippen LogP contribution in [0, 0.1) is 6.92 Å². The van der Waals surface area contributed by atoms with Crippen LogP contribution in [-0.2, 0) is 4.79 Å². The molecule has 1 saturated heterocycles. The highest BCUT2D eigenvalue weighted by molar-refractivity contribution is 7.13. The number of amides is 4. The van der Waals surface area contributed by atoms with Crippen molar-refractivity contribution >= 4 is 29.2 Å². The molecule has 0 spiro atoms. The Labute approximate surface area is 142 Å². The van der Waals surface area contributed by atoms with Gasteiger partial charge in [-0.2, -0.15) is 0 Å². The van der Waals surface area contributed by atoms with Crippen molar-refractivity contribution < 1.29 is 14.4 Å². The zero-order valence-electron chi connectivity index (χ0n) is 13.0. The number of hydrogen-bond donors (Lipinski definition) is 2. The van der Waals surface area contributed by atoms with Gasteiger partial charge >= 0.3 is 6.03 Å². The summed E-state index contributed by atoms with van der Waals surface area (Å²) >= 11 is 1.40. The van der Waals surface area contributed by atoms with Gasteiger partial charge in [0.15, 0.2) is 0 Å². The Kier molecular flexibility index (Phi) is 4.57. The molecule has 2 heterocycles. The lowest BCUT2D eigenvalue weighted by molar-refractivity contribution is -0.124. The molecule has 2 aromatic rings. The van der Waals surface area contributed by atoms with E-state index in [4.69, 9.17) is 0 Å². The van der Waals surface area contributed by atoms with Gasteiger partial charge < -0.3 is 10.6 Å². The Morgan fingerprint density at radius 3 is 2.88 bits per heavy atom. The number of benzene rings is 1. The van der Waals surface area contributed by atoms with E-state index >= 15 is 0 Å². The molecule has 1 aromatic heterocycles. The summed E-state index contributed by atoms with van der Waals surface area (Å²) in [5.41, 5.74) is 2.42. The number of rotatable bonds is 5. The zero-order chi connectivity index (χ0) is 17.1. The van der Waals surface area contributed by atoms with E-state index in [9.17, 15) is 14.4 Å². The first-order valence-electron chi connectivity index (χ1n) is 7.44. The van der Waals surface area contributed by atoms with E-state index in [1.165, 1.54) is 11.3 Å². The molecule has 0 unspecified atom stereocenters. The number of hydrogen-bond acceptors (Lipinski definition) is 5. The van der Waals surface area contributed by atoms with Crippen LogP contribution in [0.25, 0.3) is 10.6 Å². The van der Waals surface area contributed by atoms with Crippen LogP contribution in [0.15, 0.2) is 29.6 Å². The lowest BCUT2D eigenvalue weighted by Crippen LogP contribution is -2.38. The van der Waals surface area contributed by atoms with E-state index in [1.807, 2.05) is 31.2 Å².